The molecule has 0 aliphatic heterocycles. The van der Waals surface area contributed by atoms with Crippen molar-refractivity contribution >= 4 is 27.0 Å². The van der Waals surface area contributed by atoms with Gasteiger partial charge in [-0.1, -0.05) is 0 Å². The van der Waals surface area contributed by atoms with Crippen molar-refractivity contribution in [1.82, 2.24) is 15.3 Å². The molecule has 0 spiro atoms. The normalized spacial score (nSPS) is 15.2. The van der Waals surface area contributed by atoms with E-state index in [2.05, 4.69) is 20.0 Å². The van der Waals surface area contributed by atoms with Gasteiger partial charge in [-0.05, 0) is 24.3 Å². The Bertz CT molecular complexity index is 680. The van der Waals surface area contributed by atoms with Crippen LogP contribution in [0.3, 0.4) is 0 Å². The number of hydrogen-bond donors (Lipinski definition) is 2. The summed E-state index contributed by atoms with van der Waals surface area (Å²) in [6, 6.07) is 2.17. The van der Waals surface area contributed by atoms with Crippen LogP contribution in [-0.2, 0) is 16.6 Å². The maximum absolute atomic E-state index is 12.4. The largest absolute Gasteiger partial charge is 0.309 e. The van der Waals surface area contributed by atoms with Crippen LogP contribution < -0.4 is 10.0 Å². The zero-order valence-electron chi connectivity index (χ0n) is 10.6. The van der Waals surface area contributed by atoms with Gasteiger partial charge in [0.05, 0.1) is 18.1 Å². The molecule has 0 aromatic carbocycles. The van der Waals surface area contributed by atoms with E-state index in [1.165, 1.54) is 42.9 Å². The Morgan fingerprint density at radius 1 is 1.30 bits per heavy atom. The first-order valence-electron chi connectivity index (χ1n) is 6.23. The molecule has 0 atom stereocenters. The van der Waals surface area contributed by atoms with Gasteiger partial charge in [-0.25, -0.2) is 18.4 Å². The predicted molar refractivity (Wildman–Crippen MR) is 77.0 cm³/mol. The van der Waals surface area contributed by atoms with Gasteiger partial charge < -0.3 is 5.32 Å². The smallest absolute Gasteiger partial charge is 0.263 e. The quantitative estimate of drug-likeness (QED) is 0.846. The molecule has 2 heterocycles. The van der Waals surface area contributed by atoms with Gasteiger partial charge in [0.1, 0.15) is 11.2 Å². The summed E-state index contributed by atoms with van der Waals surface area (Å²) in [5.41, 5.74) is 0.361. The van der Waals surface area contributed by atoms with Crippen LogP contribution >= 0.6 is 11.3 Å². The Balaban J connectivity index is 1.78. The van der Waals surface area contributed by atoms with Gasteiger partial charge >= 0.3 is 0 Å². The van der Waals surface area contributed by atoms with Crippen LogP contribution in [-0.4, -0.2) is 24.4 Å². The zero-order chi connectivity index (χ0) is 14.0. The molecule has 1 saturated carbocycles. The summed E-state index contributed by atoms with van der Waals surface area (Å²) in [7, 11) is -3.59. The van der Waals surface area contributed by atoms with E-state index in [1.807, 2.05) is 0 Å². The monoisotopic (exact) mass is 310 g/mol. The molecule has 20 heavy (non-hydrogen) atoms. The van der Waals surface area contributed by atoms with Gasteiger partial charge in [0.25, 0.3) is 10.0 Å². The summed E-state index contributed by atoms with van der Waals surface area (Å²) in [5, 5.41) is 5.12. The molecule has 2 N–H and O–H groups in total. The lowest BCUT2D eigenvalue weighted by Crippen LogP contribution is -2.18. The molecule has 2 aromatic rings. The molecule has 1 fully saturated rings. The van der Waals surface area contributed by atoms with E-state index in [-0.39, 0.29) is 0 Å². The minimum atomic E-state index is -3.59. The average molecular weight is 310 g/mol. The number of thiophene rings is 1. The van der Waals surface area contributed by atoms with Crippen molar-refractivity contribution < 1.29 is 8.42 Å². The molecule has 0 unspecified atom stereocenters. The third-order valence-electron chi connectivity index (χ3n) is 2.94. The number of hydrogen-bond acceptors (Lipinski definition) is 6. The number of sulfonamides is 1. The maximum atomic E-state index is 12.4. The highest BCUT2D eigenvalue weighted by Crippen LogP contribution is 2.26. The zero-order valence-corrected chi connectivity index (χ0v) is 12.2. The minimum absolute atomic E-state index is 0.319. The third-order valence-corrected chi connectivity index (χ3v) is 5.45. The first-order chi connectivity index (χ1) is 9.65. The highest BCUT2D eigenvalue weighted by Gasteiger charge is 2.24. The number of nitrogens with zero attached hydrogens (tertiary/aromatic N) is 2. The second-order valence-electron chi connectivity index (χ2n) is 4.60. The summed E-state index contributed by atoms with van der Waals surface area (Å²) >= 11 is 1.44. The lowest BCUT2D eigenvalue weighted by molar-refractivity contribution is 0.599. The fraction of sp³-hybridized carbons (Fsp3) is 0.333. The molecule has 3 rings (SSSR count). The molecule has 0 saturated heterocycles. The molecular formula is C12H14N4O2S2. The van der Waals surface area contributed by atoms with E-state index in [0.717, 1.165) is 4.88 Å². The number of nitrogens with one attached hydrogen (secondary N) is 2. The maximum Gasteiger partial charge on any atom is 0.263 e. The summed E-state index contributed by atoms with van der Waals surface area (Å²) < 4.78 is 27.2. The van der Waals surface area contributed by atoms with Crippen molar-refractivity contribution in [2.24, 2.45) is 0 Å². The molecule has 0 bridgehead atoms. The van der Waals surface area contributed by atoms with Crippen LogP contribution in [0.1, 0.15) is 17.7 Å². The predicted octanol–water partition coefficient (Wildman–Crippen LogP) is 1.59. The molecule has 1 aliphatic carbocycles. The summed E-state index contributed by atoms with van der Waals surface area (Å²) in [6.45, 7) is 0.587. The first kappa shape index (κ1) is 13.5. The van der Waals surface area contributed by atoms with Crippen LogP contribution in [0.5, 0.6) is 0 Å². The third kappa shape index (κ3) is 3.14. The Morgan fingerprint density at radius 3 is 2.75 bits per heavy atom. The lowest BCUT2D eigenvalue weighted by atomic mass is 10.4. The SMILES string of the molecule is O=S(=O)(Nc1cncnc1)c1ccsc1CNC1CC1. The Hall–Kier alpha value is -1.51. The van der Waals surface area contributed by atoms with E-state index in [1.54, 1.807) is 11.4 Å². The van der Waals surface area contributed by atoms with Crippen LogP contribution in [0, 0.1) is 0 Å². The van der Waals surface area contributed by atoms with Gasteiger partial charge in [0, 0.05) is 17.5 Å². The lowest BCUT2D eigenvalue weighted by Gasteiger charge is -2.08. The van der Waals surface area contributed by atoms with E-state index in [4.69, 9.17) is 0 Å². The van der Waals surface area contributed by atoms with Gasteiger partial charge in [0.15, 0.2) is 0 Å². The number of aromatic nitrogens is 2. The highest BCUT2D eigenvalue weighted by molar-refractivity contribution is 7.93. The van der Waals surface area contributed by atoms with Crippen molar-refractivity contribution in [2.75, 3.05) is 4.72 Å². The van der Waals surface area contributed by atoms with Crippen molar-refractivity contribution in [3.05, 3.63) is 35.0 Å². The summed E-state index contributed by atoms with van der Waals surface area (Å²) in [4.78, 5) is 8.72. The van der Waals surface area contributed by atoms with E-state index < -0.39 is 10.0 Å². The van der Waals surface area contributed by atoms with Crippen LogP contribution in [0.25, 0.3) is 0 Å². The number of rotatable bonds is 6. The number of anilines is 1. The van der Waals surface area contributed by atoms with E-state index >= 15 is 0 Å². The van der Waals surface area contributed by atoms with Crippen molar-refractivity contribution in [3.8, 4) is 0 Å². The summed E-state index contributed by atoms with van der Waals surface area (Å²) in [6.07, 6.45) is 6.56. The molecular weight excluding hydrogens is 296 g/mol. The minimum Gasteiger partial charge on any atom is -0.309 e. The van der Waals surface area contributed by atoms with Gasteiger partial charge in [-0.15, -0.1) is 11.3 Å². The highest BCUT2D eigenvalue weighted by atomic mass is 32.2. The fourth-order valence-corrected chi connectivity index (χ4v) is 4.21. The van der Waals surface area contributed by atoms with E-state index in [0.29, 0.717) is 23.2 Å². The van der Waals surface area contributed by atoms with Crippen molar-refractivity contribution in [3.63, 3.8) is 0 Å². The Kier molecular flexibility index (Phi) is 3.68. The first-order valence-corrected chi connectivity index (χ1v) is 8.59. The second-order valence-corrected chi connectivity index (χ2v) is 7.25. The molecule has 2 aromatic heterocycles. The molecule has 1 aliphatic rings. The standard InChI is InChI=1S/C12H14N4O2S2/c17-20(18,16-10-5-13-8-14-6-10)12-3-4-19-11(12)7-15-9-1-2-9/h3-6,8-9,15-16H,1-2,7H2. The molecule has 6 nitrogen and oxygen atoms in total. The topological polar surface area (TPSA) is 84.0 Å². The van der Waals surface area contributed by atoms with E-state index in [9.17, 15) is 8.42 Å². The van der Waals surface area contributed by atoms with Crippen molar-refractivity contribution in [2.45, 2.75) is 30.3 Å². The van der Waals surface area contributed by atoms with Gasteiger partial charge in [-0.2, -0.15) is 0 Å². The Labute approximate surface area is 121 Å². The van der Waals surface area contributed by atoms with Crippen LogP contribution in [0.4, 0.5) is 5.69 Å². The van der Waals surface area contributed by atoms with Gasteiger partial charge in [-0.3, -0.25) is 4.72 Å². The molecule has 0 radical (unpaired) electrons. The van der Waals surface area contributed by atoms with Crippen molar-refractivity contribution in [1.29, 1.82) is 0 Å². The van der Waals surface area contributed by atoms with Crippen LogP contribution in [0.15, 0.2) is 35.1 Å². The molecule has 106 valence electrons. The van der Waals surface area contributed by atoms with Crippen LogP contribution in [0.2, 0.25) is 0 Å². The average Bonchev–Trinajstić information content (AvgIpc) is 3.13. The molecule has 8 heteroatoms. The summed E-state index contributed by atoms with van der Waals surface area (Å²) in [5.74, 6) is 0. The fourth-order valence-electron chi connectivity index (χ4n) is 1.78. The molecule has 0 amide bonds. The second kappa shape index (κ2) is 5.47. The van der Waals surface area contributed by atoms with Gasteiger partial charge in [0.2, 0.25) is 0 Å². The Morgan fingerprint density at radius 2 is 2.05 bits per heavy atom.